The summed E-state index contributed by atoms with van der Waals surface area (Å²) in [6, 6.07) is 18.3. The number of rotatable bonds is 8. The number of quaternary nitrogens is 1. The molecule has 0 aliphatic carbocycles. The van der Waals surface area contributed by atoms with Gasteiger partial charge in [0.05, 0.1) is 25.5 Å². The number of ether oxygens (including phenoxy) is 2. The van der Waals surface area contributed by atoms with E-state index < -0.39 is 0 Å². The Bertz CT molecular complexity index is 893. The summed E-state index contributed by atoms with van der Waals surface area (Å²) >= 11 is 1.75. The SMILES string of the molecule is Cc1ccc(-n2c(COc3ccccc3)nnc2SCC[NH+]2CCOCC2)cc1. The van der Waals surface area contributed by atoms with Gasteiger partial charge in [-0.25, -0.2) is 0 Å². The molecule has 0 spiro atoms. The van der Waals surface area contributed by atoms with Gasteiger partial charge in [-0.3, -0.25) is 4.57 Å². The van der Waals surface area contributed by atoms with Gasteiger partial charge in [0.15, 0.2) is 11.0 Å². The lowest BCUT2D eigenvalue weighted by atomic mass is 10.2. The van der Waals surface area contributed by atoms with Crippen molar-refractivity contribution in [3.05, 3.63) is 66.0 Å². The van der Waals surface area contributed by atoms with Gasteiger partial charge in [0.1, 0.15) is 25.4 Å². The molecule has 0 radical (unpaired) electrons. The van der Waals surface area contributed by atoms with Crippen LogP contribution in [0.2, 0.25) is 0 Å². The van der Waals surface area contributed by atoms with Gasteiger partial charge in [0, 0.05) is 5.69 Å². The van der Waals surface area contributed by atoms with Crippen LogP contribution in [0.4, 0.5) is 0 Å². The summed E-state index contributed by atoms with van der Waals surface area (Å²) < 4.78 is 13.5. The summed E-state index contributed by atoms with van der Waals surface area (Å²) in [4.78, 5) is 1.60. The third kappa shape index (κ3) is 5.38. The van der Waals surface area contributed by atoms with Gasteiger partial charge in [-0.2, -0.15) is 0 Å². The summed E-state index contributed by atoms with van der Waals surface area (Å²) in [7, 11) is 0. The number of aromatic nitrogens is 3. The Morgan fingerprint density at radius 3 is 2.55 bits per heavy atom. The van der Waals surface area contributed by atoms with Crippen molar-refractivity contribution in [2.45, 2.75) is 18.7 Å². The number of aryl methyl sites for hydroxylation is 1. The van der Waals surface area contributed by atoms with E-state index in [4.69, 9.17) is 9.47 Å². The molecule has 0 bridgehead atoms. The summed E-state index contributed by atoms with van der Waals surface area (Å²) in [6.07, 6.45) is 0. The number of nitrogens with zero attached hydrogens (tertiary/aromatic N) is 3. The monoisotopic (exact) mass is 411 g/mol. The molecule has 0 saturated carbocycles. The summed E-state index contributed by atoms with van der Waals surface area (Å²) in [5.74, 6) is 2.63. The van der Waals surface area contributed by atoms with Crippen LogP contribution in [0.5, 0.6) is 5.75 Å². The fraction of sp³-hybridized carbons (Fsp3) is 0.364. The Hall–Kier alpha value is -2.35. The highest BCUT2D eigenvalue weighted by Crippen LogP contribution is 2.23. The van der Waals surface area contributed by atoms with E-state index in [1.54, 1.807) is 16.7 Å². The highest BCUT2D eigenvalue weighted by atomic mass is 32.2. The zero-order valence-electron chi connectivity index (χ0n) is 16.7. The first-order valence-electron chi connectivity index (χ1n) is 10.0. The minimum Gasteiger partial charge on any atom is -0.486 e. The van der Waals surface area contributed by atoms with E-state index in [-0.39, 0.29) is 0 Å². The number of hydrogen-bond acceptors (Lipinski definition) is 5. The average molecular weight is 412 g/mol. The van der Waals surface area contributed by atoms with Crippen LogP contribution >= 0.6 is 11.8 Å². The van der Waals surface area contributed by atoms with Crippen molar-refractivity contribution in [3.63, 3.8) is 0 Å². The van der Waals surface area contributed by atoms with Gasteiger partial charge >= 0.3 is 0 Å². The van der Waals surface area contributed by atoms with Crippen molar-refractivity contribution < 1.29 is 14.4 Å². The summed E-state index contributed by atoms with van der Waals surface area (Å²) in [5, 5.41) is 9.82. The van der Waals surface area contributed by atoms with Crippen molar-refractivity contribution >= 4 is 11.8 Å². The second-order valence-corrected chi connectivity index (χ2v) is 8.19. The number of benzene rings is 2. The number of thioether (sulfide) groups is 1. The minimum absolute atomic E-state index is 0.375. The lowest BCUT2D eigenvalue weighted by Crippen LogP contribution is -3.14. The lowest BCUT2D eigenvalue weighted by Gasteiger charge is -2.23. The highest BCUT2D eigenvalue weighted by molar-refractivity contribution is 7.99. The van der Waals surface area contributed by atoms with Crippen LogP contribution in [0.15, 0.2) is 59.8 Å². The molecule has 0 unspecified atom stereocenters. The Kier molecular flexibility index (Phi) is 6.82. The molecular formula is C22H27N4O2S+. The maximum Gasteiger partial charge on any atom is 0.196 e. The molecule has 6 nitrogen and oxygen atoms in total. The molecule has 2 aromatic carbocycles. The molecule has 4 rings (SSSR count). The third-order valence-corrected chi connectivity index (χ3v) is 5.92. The molecule has 7 heteroatoms. The Balaban J connectivity index is 1.49. The van der Waals surface area contributed by atoms with Crippen molar-refractivity contribution in [2.24, 2.45) is 0 Å². The zero-order valence-corrected chi connectivity index (χ0v) is 17.5. The average Bonchev–Trinajstić information content (AvgIpc) is 3.17. The van der Waals surface area contributed by atoms with Crippen LogP contribution in [-0.2, 0) is 11.3 Å². The molecule has 1 aliphatic rings. The van der Waals surface area contributed by atoms with E-state index in [0.717, 1.165) is 61.0 Å². The van der Waals surface area contributed by atoms with Gasteiger partial charge in [-0.1, -0.05) is 47.7 Å². The van der Waals surface area contributed by atoms with Crippen LogP contribution in [0.3, 0.4) is 0 Å². The van der Waals surface area contributed by atoms with Crippen molar-refractivity contribution in [3.8, 4) is 11.4 Å². The predicted molar refractivity (Wildman–Crippen MR) is 114 cm³/mol. The van der Waals surface area contributed by atoms with Crippen LogP contribution in [0, 0.1) is 6.92 Å². The standard InChI is InChI=1S/C22H26N4O2S/c1-18-7-9-19(10-8-18)26-21(17-28-20-5-3-2-4-6-20)23-24-22(26)29-16-13-25-11-14-27-15-12-25/h2-10H,11-17H2,1H3/p+1. The quantitative estimate of drug-likeness (QED) is 0.576. The maximum atomic E-state index is 5.94. The molecule has 0 atom stereocenters. The van der Waals surface area contributed by atoms with Crippen LogP contribution in [-0.4, -0.2) is 53.4 Å². The van der Waals surface area contributed by atoms with Gasteiger partial charge < -0.3 is 14.4 Å². The fourth-order valence-corrected chi connectivity index (χ4v) is 4.31. The smallest absolute Gasteiger partial charge is 0.196 e. The number of para-hydroxylation sites is 1. The molecular weight excluding hydrogens is 384 g/mol. The molecule has 1 N–H and O–H groups in total. The maximum absolute atomic E-state index is 5.94. The number of hydrogen-bond donors (Lipinski definition) is 1. The second-order valence-electron chi connectivity index (χ2n) is 7.13. The van der Waals surface area contributed by atoms with Crippen molar-refractivity contribution in [1.29, 1.82) is 0 Å². The van der Waals surface area contributed by atoms with Crippen molar-refractivity contribution in [2.75, 3.05) is 38.6 Å². The molecule has 2 heterocycles. The predicted octanol–water partition coefficient (Wildman–Crippen LogP) is 2.16. The molecule has 3 aromatic rings. The van der Waals surface area contributed by atoms with Gasteiger partial charge in [-0.05, 0) is 31.2 Å². The molecule has 29 heavy (non-hydrogen) atoms. The second kappa shape index (κ2) is 9.91. The van der Waals surface area contributed by atoms with E-state index in [0.29, 0.717) is 6.61 Å². The van der Waals surface area contributed by atoms with E-state index in [1.165, 1.54) is 5.56 Å². The zero-order chi connectivity index (χ0) is 19.9. The topological polar surface area (TPSA) is 53.6 Å². The van der Waals surface area contributed by atoms with Gasteiger partial charge in [0.25, 0.3) is 0 Å². The van der Waals surface area contributed by atoms with E-state index >= 15 is 0 Å². The van der Waals surface area contributed by atoms with E-state index in [2.05, 4.69) is 46.0 Å². The van der Waals surface area contributed by atoms with Gasteiger partial charge in [-0.15, -0.1) is 10.2 Å². The van der Waals surface area contributed by atoms with Crippen LogP contribution < -0.4 is 9.64 Å². The summed E-state index contributed by atoms with van der Waals surface area (Å²) in [5.41, 5.74) is 2.29. The van der Waals surface area contributed by atoms with E-state index in [1.807, 2.05) is 30.3 Å². The normalized spacial score (nSPS) is 14.8. The van der Waals surface area contributed by atoms with Crippen molar-refractivity contribution in [1.82, 2.24) is 14.8 Å². The molecule has 1 saturated heterocycles. The summed E-state index contributed by atoms with van der Waals surface area (Å²) in [6.45, 7) is 7.46. The molecule has 1 aromatic heterocycles. The first-order valence-corrected chi connectivity index (χ1v) is 11.0. The van der Waals surface area contributed by atoms with Crippen LogP contribution in [0.25, 0.3) is 5.69 Å². The number of nitrogens with one attached hydrogen (secondary N) is 1. The molecule has 1 fully saturated rings. The molecule has 0 amide bonds. The fourth-order valence-electron chi connectivity index (χ4n) is 3.30. The lowest BCUT2D eigenvalue weighted by molar-refractivity contribution is -0.905. The molecule has 152 valence electrons. The van der Waals surface area contributed by atoms with Gasteiger partial charge in [0.2, 0.25) is 0 Å². The van der Waals surface area contributed by atoms with Crippen LogP contribution in [0.1, 0.15) is 11.4 Å². The first kappa shape index (κ1) is 19.9. The Morgan fingerprint density at radius 1 is 1.03 bits per heavy atom. The molecule has 1 aliphatic heterocycles. The largest absolute Gasteiger partial charge is 0.486 e. The third-order valence-electron chi connectivity index (χ3n) is 4.99. The first-order chi connectivity index (χ1) is 14.3. The Labute approximate surface area is 175 Å². The number of morpholine rings is 1. The highest BCUT2D eigenvalue weighted by Gasteiger charge is 2.17. The van der Waals surface area contributed by atoms with E-state index in [9.17, 15) is 0 Å². The Morgan fingerprint density at radius 2 is 1.79 bits per heavy atom. The minimum atomic E-state index is 0.375.